The Hall–Kier alpha value is -2.96. The average Bonchev–Trinajstić information content (AvgIpc) is 3.28. The topological polar surface area (TPSA) is 117 Å². The molecule has 2 aliphatic rings. The number of nitrogens with zero attached hydrogens (tertiary/aromatic N) is 2. The van der Waals surface area contributed by atoms with E-state index in [2.05, 4.69) is 40.1 Å². The first-order chi connectivity index (χ1) is 16.3. The van der Waals surface area contributed by atoms with E-state index < -0.39 is 31.8 Å². The molecule has 1 saturated heterocycles. The molecule has 1 aromatic carbocycles. The highest BCUT2D eigenvalue weighted by molar-refractivity contribution is 7.92. The van der Waals surface area contributed by atoms with Crippen LogP contribution in [0.5, 0.6) is 0 Å². The number of H-pyrrole nitrogens is 1. The molecule has 0 radical (unpaired) electrons. The number of aliphatic hydroxyl groups is 1. The highest BCUT2D eigenvalue weighted by Crippen LogP contribution is 2.44. The van der Waals surface area contributed by atoms with E-state index in [0.717, 1.165) is 30.4 Å². The molecule has 1 aromatic heterocycles. The van der Waals surface area contributed by atoms with E-state index in [1.165, 1.54) is 6.20 Å². The molecule has 1 aliphatic carbocycles. The minimum atomic E-state index is -3.28. The van der Waals surface area contributed by atoms with Crippen molar-refractivity contribution in [3.05, 3.63) is 58.8 Å². The van der Waals surface area contributed by atoms with E-state index >= 15 is 0 Å². The molecule has 3 N–H and O–H groups in total. The van der Waals surface area contributed by atoms with Crippen LogP contribution in [0.4, 0.5) is 11.5 Å². The van der Waals surface area contributed by atoms with Crippen LogP contribution in [0.15, 0.2) is 30.5 Å². The van der Waals surface area contributed by atoms with Crippen LogP contribution in [-0.2, 0) is 15.4 Å². The molecule has 2 unspecified atom stereocenters. The quantitative estimate of drug-likeness (QED) is 0.516. The lowest BCUT2D eigenvalue weighted by atomic mass is 9.76. The predicted molar refractivity (Wildman–Crippen MR) is 136 cm³/mol. The zero-order chi connectivity index (χ0) is 25.6. The second-order valence-electron chi connectivity index (χ2n) is 10.7. The third-order valence-corrected chi connectivity index (χ3v) is 9.97. The Balaban J connectivity index is 1.73. The second-order valence-corrected chi connectivity index (χ2v) is 13.5. The van der Waals surface area contributed by atoms with Gasteiger partial charge in [0.25, 0.3) is 5.82 Å². The highest BCUT2D eigenvalue weighted by Gasteiger charge is 2.46. The first-order valence-electron chi connectivity index (χ1n) is 11.9. The molecule has 8 nitrogen and oxygen atoms in total. The Bertz CT molecular complexity index is 1320. The maximum atomic E-state index is 12.8. The van der Waals surface area contributed by atoms with Gasteiger partial charge in [-0.05, 0) is 74.6 Å². The van der Waals surface area contributed by atoms with Crippen LogP contribution < -0.4 is 5.32 Å². The van der Waals surface area contributed by atoms with Gasteiger partial charge in [0.2, 0.25) is 5.82 Å². The minimum Gasteiger partial charge on any atom is -0.385 e. The smallest absolute Gasteiger partial charge is 0.314 e. The van der Waals surface area contributed by atoms with Crippen molar-refractivity contribution in [1.29, 1.82) is 0 Å². The van der Waals surface area contributed by atoms with Gasteiger partial charge >= 0.3 is 5.91 Å². The standard InChI is InChI=1S/C26H32N4O4S/c1-16-13-26(32,14-17(2)35(16,33)34)19-6-7-21(29-24(31)23-28-15-22(27-5)30-23)20(12-19)18-8-10-25(3,4)11-9-18/h6-8,12,15-17,32H,9-11,13-14H2,1-4H3,(H,28,30)(H,29,31). The van der Waals surface area contributed by atoms with Crippen molar-refractivity contribution in [2.75, 3.05) is 5.32 Å². The number of anilines is 1. The normalized spacial score (nSPS) is 27.5. The van der Waals surface area contributed by atoms with E-state index in [-0.39, 0.29) is 29.9 Å². The monoisotopic (exact) mass is 496 g/mol. The molecule has 2 heterocycles. The molecule has 2 aromatic rings. The van der Waals surface area contributed by atoms with Crippen molar-refractivity contribution in [1.82, 2.24) is 9.97 Å². The zero-order valence-corrected chi connectivity index (χ0v) is 21.4. The molecule has 186 valence electrons. The number of imidazole rings is 1. The van der Waals surface area contributed by atoms with Gasteiger partial charge in [0.05, 0.1) is 22.3 Å². The Morgan fingerprint density at radius 2 is 1.94 bits per heavy atom. The molecule has 1 fully saturated rings. The van der Waals surface area contributed by atoms with Gasteiger partial charge in [0, 0.05) is 11.3 Å². The first kappa shape index (κ1) is 25.1. The van der Waals surface area contributed by atoms with E-state index in [1.54, 1.807) is 26.0 Å². The van der Waals surface area contributed by atoms with Crippen LogP contribution in [-0.4, -0.2) is 39.9 Å². The molecule has 1 amide bonds. The lowest BCUT2D eigenvalue weighted by Gasteiger charge is -2.39. The number of carbonyl (C=O) groups excluding carboxylic acids is 1. The van der Waals surface area contributed by atoms with Crippen molar-refractivity contribution >= 4 is 32.8 Å². The van der Waals surface area contributed by atoms with E-state index in [1.807, 2.05) is 6.07 Å². The highest BCUT2D eigenvalue weighted by atomic mass is 32.2. The summed E-state index contributed by atoms with van der Waals surface area (Å²) in [5.74, 6) is -0.237. The number of amides is 1. The molecule has 1 aliphatic heterocycles. The molecule has 9 heteroatoms. The molecule has 0 saturated carbocycles. The van der Waals surface area contributed by atoms with Crippen molar-refractivity contribution in [2.45, 2.75) is 75.9 Å². The van der Waals surface area contributed by atoms with Crippen molar-refractivity contribution in [2.24, 2.45) is 5.41 Å². The third-order valence-electron chi connectivity index (χ3n) is 7.39. The first-order valence-corrected chi connectivity index (χ1v) is 13.5. The van der Waals surface area contributed by atoms with Crippen LogP contribution in [0.25, 0.3) is 10.4 Å². The van der Waals surface area contributed by atoms with E-state index in [9.17, 15) is 18.3 Å². The number of hydrogen-bond acceptors (Lipinski definition) is 5. The van der Waals surface area contributed by atoms with E-state index in [4.69, 9.17) is 6.57 Å². The Labute approximate surface area is 206 Å². The summed E-state index contributed by atoms with van der Waals surface area (Å²) < 4.78 is 25.1. The van der Waals surface area contributed by atoms with Gasteiger partial charge in [0.15, 0.2) is 9.84 Å². The molecule has 0 bridgehead atoms. The largest absolute Gasteiger partial charge is 0.385 e. The number of rotatable bonds is 4. The lowest BCUT2D eigenvalue weighted by Crippen LogP contribution is -2.45. The van der Waals surface area contributed by atoms with Gasteiger partial charge in [-0.2, -0.15) is 0 Å². The number of hydrogen-bond donors (Lipinski definition) is 3. The zero-order valence-electron chi connectivity index (χ0n) is 20.6. The Morgan fingerprint density at radius 1 is 1.26 bits per heavy atom. The van der Waals surface area contributed by atoms with Crippen molar-refractivity contribution < 1.29 is 18.3 Å². The fourth-order valence-corrected chi connectivity index (χ4v) is 6.90. The number of allylic oxidation sites excluding steroid dienone is 2. The number of benzene rings is 1. The summed E-state index contributed by atoms with van der Waals surface area (Å²) in [4.78, 5) is 22.8. The molecule has 2 atom stereocenters. The van der Waals surface area contributed by atoms with Crippen molar-refractivity contribution in [3.63, 3.8) is 0 Å². The minimum absolute atomic E-state index is 0.0450. The number of aromatic nitrogens is 2. The summed E-state index contributed by atoms with van der Waals surface area (Å²) in [5.41, 5.74) is 2.04. The van der Waals surface area contributed by atoms with Crippen LogP contribution in [0.2, 0.25) is 0 Å². The van der Waals surface area contributed by atoms with Crippen LogP contribution >= 0.6 is 0 Å². The maximum Gasteiger partial charge on any atom is 0.314 e. The lowest BCUT2D eigenvalue weighted by molar-refractivity contribution is 0.0131. The van der Waals surface area contributed by atoms with Crippen LogP contribution in [0, 0.1) is 12.0 Å². The Kier molecular flexibility index (Phi) is 6.41. The summed E-state index contributed by atoms with van der Waals surface area (Å²) in [7, 11) is -3.28. The summed E-state index contributed by atoms with van der Waals surface area (Å²) >= 11 is 0. The molecular weight excluding hydrogens is 464 g/mol. The number of sulfone groups is 1. The summed E-state index contributed by atoms with van der Waals surface area (Å²) in [6, 6.07) is 5.42. The molecule has 35 heavy (non-hydrogen) atoms. The second kappa shape index (κ2) is 8.92. The predicted octanol–water partition coefficient (Wildman–Crippen LogP) is 4.98. The van der Waals surface area contributed by atoms with Crippen molar-refractivity contribution in [3.8, 4) is 0 Å². The average molecular weight is 497 g/mol. The number of nitrogens with one attached hydrogen (secondary N) is 2. The fourth-order valence-electron chi connectivity index (χ4n) is 5.09. The number of aromatic amines is 1. The maximum absolute atomic E-state index is 12.8. The van der Waals surface area contributed by atoms with Gasteiger partial charge in [-0.25, -0.2) is 13.4 Å². The van der Waals surface area contributed by atoms with E-state index in [0.29, 0.717) is 11.3 Å². The fraction of sp³-hybridized carbons (Fsp3) is 0.500. The van der Waals surface area contributed by atoms with Gasteiger partial charge in [-0.15, -0.1) is 0 Å². The number of carbonyl (C=O) groups is 1. The Morgan fingerprint density at radius 3 is 2.51 bits per heavy atom. The van der Waals surface area contributed by atoms with Gasteiger partial charge in [-0.1, -0.05) is 32.6 Å². The third kappa shape index (κ3) is 4.91. The summed E-state index contributed by atoms with van der Waals surface area (Å²) in [5, 5.41) is 13.2. The van der Waals surface area contributed by atoms with Gasteiger partial charge in [-0.3, -0.25) is 9.78 Å². The SMILES string of the molecule is [C-]#[N+]c1cnc(C(=O)Nc2ccc(C3(O)CC(C)S(=O)(=O)C(C)C3)cc2C2=CCC(C)(C)CC2)[nH]1. The van der Waals surface area contributed by atoms with Gasteiger partial charge in [0.1, 0.15) is 0 Å². The molecular formula is C26H32N4O4S. The van der Waals surface area contributed by atoms with Crippen LogP contribution in [0.3, 0.4) is 0 Å². The molecule has 0 spiro atoms. The summed E-state index contributed by atoms with van der Waals surface area (Å²) in [6.45, 7) is 14.8. The molecule has 4 rings (SSSR count). The van der Waals surface area contributed by atoms with Gasteiger partial charge < -0.3 is 15.3 Å². The van der Waals surface area contributed by atoms with Crippen LogP contribution in [0.1, 0.15) is 81.5 Å². The summed E-state index contributed by atoms with van der Waals surface area (Å²) in [6.07, 6.45) is 6.45.